The molecule has 3 rings (SSSR count). The minimum absolute atomic E-state index is 0.202. The topological polar surface area (TPSA) is 93.9 Å². The van der Waals surface area contributed by atoms with Gasteiger partial charge in [-0.2, -0.15) is 10.5 Å². The average molecular weight is 306 g/mol. The van der Waals surface area contributed by atoms with Crippen molar-refractivity contribution in [3.05, 3.63) is 58.4 Å². The predicted molar refractivity (Wildman–Crippen MR) is 79.9 cm³/mol. The first-order chi connectivity index (χ1) is 11.0. The molecule has 1 heterocycles. The summed E-state index contributed by atoms with van der Waals surface area (Å²) >= 11 is 0. The number of carbonyl (C=O) groups is 1. The number of hydrogen-bond acceptors (Lipinski definition) is 4. The Labute approximate surface area is 132 Å². The number of nitrogens with two attached hydrogens (primary N) is 1. The lowest BCUT2D eigenvalue weighted by atomic mass is 9.92. The molecule has 0 saturated heterocycles. The molecule has 0 atom stereocenters. The number of halogens is 1. The van der Waals surface area contributed by atoms with Crippen molar-refractivity contribution in [3.63, 3.8) is 0 Å². The molecule has 0 aliphatic carbocycles. The number of rotatable bonds is 2. The Bertz CT molecular complexity index is 908. The SMILES string of the molecule is N#Cc1ccc(-c2ccc(F)c3c2CN(C#N)C3)c(C(N)=O)c1. The van der Waals surface area contributed by atoms with Crippen molar-refractivity contribution in [2.24, 2.45) is 5.73 Å². The third-order valence-corrected chi connectivity index (χ3v) is 3.92. The number of hydrogen-bond donors (Lipinski definition) is 1. The zero-order valence-corrected chi connectivity index (χ0v) is 12.0. The first-order valence-corrected chi connectivity index (χ1v) is 6.84. The Kier molecular flexibility index (Phi) is 3.44. The summed E-state index contributed by atoms with van der Waals surface area (Å²) < 4.78 is 14.0. The van der Waals surface area contributed by atoms with Gasteiger partial charge < -0.3 is 10.6 Å². The molecule has 0 bridgehead atoms. The number of nitriles is 2. The van der Waals surface area contributed by atoms with Crippen molar-refractivity contribution in [1.82, 2.24) is 4.90 Å². The second-order valence-electron chi connectivity index (χ2n) is 5.24. The van der Waals surface area contributed by atoms with E-state index in [1.165, 1.54) is 17.0 Å². The van der Waals surface area contributed by atoms with E-state index in [0.29, 0.717) is 27.8 Å². The molecule has 112 valence electrons. The highest BCUT2D eigenvalue weighted by molar-refractivity contribution is 6.00. The quantitative estimate of drug-likeness (QED) is 0.861. The molecular weight excluding hydrogens is 295 g/mol. The van der Waals surface area contributed by atoms with Crippen LogP contribution in [0.1, 0.15) is 27.0 Å². The van der Waals surface area contributed by atoms with Gasteiger partial charge in [0.1, 0.15) is 5.82 Å². The molecule has 0 fully saturated rings. The van der Waals surface area contributed by atoms with Gasteiger partial charge in [0.25, 0.3) is 0 Å². The predicted octanol–water partition coefficient (Wildman–Crippen LogP) is 2.26. The molecule has 0 spiro atoms. The fraction of sp³-hybridized carbons (Fsp3) is 0.118. The van der Waals surface area contributed by atoms with E-state index in [0.717, 1.165) is 0 Å². The molecule has 23 heavy (non-hydrogen) atoms. The van der Waals surface area contributed by atoms with Crippen molar-refractivity contribution < 1.29 is 9.18 Å². The maximum absolute atomic E-state index is 14.0. The summed E-state index contributed by atoms with van der Waals surface area (Å²) in [6, 6.07) is 9.47. The third-order valence-electron chi connectivity index (χ3n) is 3.92. The third kappa shape index (κ3) is 2.37. The molecule has 6 heteroatoms. The molecule has 0 aromatic heterocycles. The fourth-order valence-corrected chi connectivity index (χ4v) is 2.83. The summed E-state index contributed by atoms with van der Waals surface area (Å²) in [4.78, 5) is 13.2. The minimum Gasteiger partial charge on any atom is -0.366 e. The van der Waals surface area contributed by atoms with Crippen LogP contribution >= 0.6 is 0 Å². The molecule has 1 aliphatic heterocycles. The van der Waals surface area contributed by atoms with Crippen LogP contribution in [0.2, 0.25) is 0 Å². The molecule has 2 aromatic rings. The number of amides is 1. The number of fused-ring (bicyclic) bond motifs is 1. The summed E-state index contributed by atoms with van der Waals surface area (Å²) in [5.74, 6) is -1.04. The smallest absolute Gasteiger partial charge is 0.249 e. The summed E-state index contributed by atoms with van der Waals surface area (Å²) in [7, 11) is 0. The fourth-order valence-electron chi connectivity index (χ4n) is 2.83. The van der Waals surface area contributed by atoms with Gasteiger partial charge in [-0.05, 0) is 34.9 Å². The van der Waals surface area contributed by atoms with E-state index in [-0.39, 0.29) is 24.5 Å². The van der Waals surface area contributed by atoms with Gasteiger partial charge in [0.05, 0.1) is 24.7 Å². The lowest BCUT2D eigenvalue weighted by Crippen LogP contribution is -2.13. The van der Waals surface area contributed by atoms with E-state index in [2.05, 4.69) is 0 Å². The van der Waals surface area contributed by atoms with Crippen molar-refractivity contribution in [2.45, 2.75) is 13.1 Å². The maximum Gasteiger partial charge on any atom is 0.249 e. The van der Waals surface area contributed by atoms with Crippen LogP contribution in [0.4, 0.5) is 4.39 Å². The van der Waals surface area contributed by atoms with Crippen LogP contribution in [0.3, 0.4) is 0 Å². The molecule has 1 amide bonds. The first kappa shape index (κ1) is 14.6. The van der Waals surface area contributed by atoms with Gasteiger partial charge in [-0.25, -0.2) is 4.39 Å². The molecule has 2 N–H and O–H groups in total. The minimum atomic E-state index is -0.662. The van der Waals surface area contributed by atoms with Crippen molar-refractivity contribution in [1.29, 1.82) is 10.5 Å². The molecule has 5 nitrogen and oxygen atoms in total. The number of benzene rings is 2. The molecule has 0 saturated carbocycles. The van der Waals surface area contributed by atoms with Crippen LogP contribution in [-0.4, -0.2) is 10.8 Å². The summed E-state index contributed by atoms with van der Waals surface area (Å²) in [5.41, 5.74) is 8.24. The Morgan fingerprint density at radius 1 is 1.13 bits per heavy atom. The molecule has 0 unspecified atom stereocenters. The highest BCUT2D eigenvalue weighted by Crippen LogP contribution is 2.35. The van der Waals surface area contributed by atoms with E-state index >= 15 is 0 Å². The molecular formula is C17H11FN4O. The van der Waals surface area contributed by atoms with Gasteiger partial charge >= 0.3 is 0 Å². The summed E-state index contributed by atoms with van der Waals surface area (Å²) in [6.07, 6.45) is 2.00. The van der Waals surface area contributed by atoms with Gasteiger partial charge in [-0.3, -0.25) is 4.79 Å². The van der Waals surface area contributed by atoms with Gasteiger partial charge in [0.15, 0.2) is 6.19 Å². The van der Waals surface area contributed by atoms with E-state index in [9.17, 15) is 9.18 Å². The Morgan fingerprint density at radius 2 is 1.83 bits per heavy atom. The van der Waals surface area contributed by atoms with Crippen molar-refractivity contribution >= 4 is 5.91 Å². The number of carbonyl (C=O) groups excluding carboxylic acids is 1. The molecule has 0 radical (unpaired) electrons. The second-order valence-corrected chi connectivity index (χ2v) is 5.24. The van der Waals surface area contributed by atoms with Crippen molar-refractivity contribution in [2.75, 3.05) is 0 Å². The zero-order valence-electron chi connectivity index (χ0n) is 12.0. The largest absolute Gasteiger partial charge is 0.366 e. The number of primary amides is 1. The van der Waals surface area contributed by atoms with E-state index in [1.54, 1.807) is 18.2 Å². The Hall–Kier alpha value is -3.38. The van der Waals surface area contributed by atoms with Crippen LogP contribution in [0.25, 0.3) is 11.1 Å². The average Bonchev–Trinajstić information content (AvgIpc) is 3.00. The van der Waals surface area contributed by atoms with E-state index in [4.69, 9.17) is 16.3 Å². The second kappa shape index (κ2) is 5.43. The standard InChI is InChI=1S/C17H11FN4O/c18-16-4-3-12(14-7-22(9-20)8-15(14)16)11-2-1-10(6-19)5-13(11)17(21)23/h1-5H,7-8H2,(H2,21,23). The molecule has 1 aliphatic rings. The zero-order chi connectivity index (χ0) is 16.6. The van der Waals surface area contributed by atoms with Gasteiger partial charge in [-0.15, -0.1) is 0 Å². The normalized spacial score (nSPS) is 12.4. The summed E-state index contributed by atoms with van der Waals surface area (Å²) in [6.45, 7) is 0.477. The Morgan fingerprint density at radius 3 is 2.48 bits per heavy atom. The van der Waals surface area contributed by atoms with Gasteiger partial charge in [0, 0.05) is 11.1 Å². The lowest BCUT2D eigenvalue weighted by molar-refractivity contribution is 0.100. The van der Waals surface area contributed by atoms with Gasteiger partial charge in [-0.1, -0.05) is 12.1 Å². The first-order valence-electron chi connectivity index (χ1n) is 6.84. The van der Waals surface area contributed by atoms with E-state index < -0.39 is 5.91 Å². The van der Waals surface area contributed by atoms with Crippen LogP contribution in [0.5, 0.6) is 0 Å². The van der Waals surface area contributed by atoms with Crippen molar-refractivity contribution in [3.8, 4) is 23.4 Å². The maximum atomic E-state index is 14.0. The number of nitrogens with zero attached hydrogens (tertiary/aromatic N) is 3. The molecule has 2 aromatic carbocycles. The lowest BCUT2D eigenvalue weighted by Gasteiger charge is -2.12. The van der Waals surface area contributed by atoms with Crippen LogP contribution in [0, 0.1) is 28.6 Å². The van der Waals surface area contributed by atoms with E-state index in [1.807, 2.05) is 12.3 Å². The summed E-state index contributed by atoms with van der Waals surface area (Å²) in [5, 5.41) is 18.0. The monoisotopic (exact) mass is 306 g/mol. The van der Waals surface area contributed by atoms with Gasteiger partial charge in [0.2, 0.25) is 5.91 Å². The van der Waals surface area contributed by atoms with Crippen LogP contribution < -0.4 is 5.73 Å². The highest BCUT2D eigenvalue weighted by Gasteiger charge is 2.26. The van der Waals surface area contributed by atoms with Crippen LogP contribution in [-0.2, 0) is 13.1 Å². The Balaban J connectivity index is 2.23. The highest BCUT2D eigenvalue weighted by atomic mass is 19.1. The van der Waals surface area contributed by atoms with Crippen LogP contribution in [0.15, 0.2) is 30.3 Å².